The quantitative estimate of drug-likeness (QED) is 0.858. The van der Waals surface area contributed by atoms with Gasteiger partial charge in [0.2, 0.25) is 0 Å². The number of nitriles is 1. The van der Waals surface area contributed by atoms with Crippen LogP contribution in [0, 0.1) is 11.3 Å². The summed E-state index contributed by atoms with van der Waals surface area (Å²) in [6.07, 6.45) is 0. The molecule has 5 heteroatoms. The van der Waals surface area contributed by atoms with E-state index >= 15 is 0 Å². The monoisotopic (exact) mass is 302 g/mol. The lowest BCUT2D eigenvalue weighted by atomic mass is 10.1. The maximum Gasteiger partial charge on any atom is 0.259 e. The van der Waals surface area contributed by atoms with Crippen LogP contribution in [0.5, 0.6) is 0 Å². The van der Waals surface area contributed by atoms with Gasteiger partial charge in [0.1, 0.15) is 6.07 Å². The Labute approximate surface area is 127 Å². The zero-order valence-electron chi connectivity index (χ0n) is 10.7. The Bertz CT molecular complexity index is 709. The van der Waals surface area contributed by atoms with Crippen LogP contribution in [-0.2, 0) is 0 Å². The van der Waals surface area contributed by atoms with E-state index in [0.29, 0.717) is 26.7 Å². The van der Waals surface area contributed by atoms with Gasteiger partial charge in [-0.15, -0.1) is 12.6 Å². The molecule has 3 nitrogen and oxygen atoms in total. The Morgan fingerprint density at radius 1 is 1.30 bits per heavy atom. The smallest absolute Gasteiger partial charge is 0.259 e. The number of carbonyl (C=O) groups is 1. The van der Waals surface area contributed by atoms with Crippen LogP contribution >= 0.6 is 24.2 Å². The maximum absolute atomic E-state index is 12.5. The number of hydrogen-bond acceptors (Lipinski definition) is 3. The molecular weight excluding hydrogens is 292 g/mol. The van der Waals surface area contributed by atoms with E-state index in [1.807, 2.05) is 0 Å². The highest BCUT2D eigenvalue weighted by Gasteiger charge is 2.18. The molecule has 100 valence electrons. The second kappa shape index (κ2) is 6.00. The predicted molar refractivity (Wildman–Crippen MR) is 82.6 cm³/mol. The van der Waals surface area contributed by atoms with Gasteiger partial charge in [-0.3, -0.25) is 4.79 Å². The van der Waals surface area contributed by atoms with Crippen molar-refractivity contribution in [2.75, 3.05) is 11.9 Å². The van der Waals surface area contributed by atoms with Crippen molar-refractivity contribution < 1.29 is 4.79 Å². The molecule has 2 aromatic carbocycles. The molecule has 0 fully saturated rings. The number of hydrogen-bond donors (Lipinski definition) is 1. The normalized spacial score (nSPS) is 9.90. The molecule has 20 heavy (non-hydrogen) atoms. The molecule has 2 rings (SSSR count). The zero-order valence-corrected chi connectivity index (χ0v) is 12.3. The summed E-state index contributed by atoms with van der Waals surface area (Å²) in [5.74, 6) is -0.284. The van der Waals surface area contributed by atoms with Gasteiger partial charge in [0.25, 0.3) is 5.91 Å². The minimum Gasteiger partial charge on any atom is -0.310 e. The largest absolute Gasteiger partial charge is 0.310 e. The van der Waals surface area contributed by atoms with Crippen molar-refractivity contribution in [1.29, 1.82) is 5.26 Å². The van der Waals surface area contributed by atoms with E-state index in [0.717, 1.165) is 0 Å². The van der Waals surface area contributed by atoms with E-state index in [9.17, 15) is 4.79 Å². The minimum absolute atomic E-state index is 0.284. The number of anilines is 1. The van der Waals surface area contributed by atoms with Gasteiger partial charge in [-0.25, -0.2) is 0 Å². The highest BCUT2D eigenvalue weighted by atomic mass is 35.5. The van der Waals surface area contributed by atoms with Crippen molar-refractivity contribution in [3.05, 3.63) is 58.6 Å². The number of amides is 1. The molecule has 0 atom stereocenters. The number of benzene rings is 2. The molecule has 0 unspecified atom stereocenters. The first kappa shape index (κ1) is 14.4. The van der Waals surface area contributed by atoms with Crippen LogP contribution in [0.2, 0.25) is 5.02 Å². The average Bonchev–Trinajstić information content (AvgIpc) is 2.48. The lowest BCUT2D eigenvalue weighted by Crippen LogP contribution is -2.27. The first-order chi connectivity index (χ1) is 9.54. The van der Waals surface area contributed by atoms with Crippen molar-refractivity contribution in [3.8, 4) is 6.07 Å². The summed E-state index contributed by atoms with van der Waals surface area (Å²) >= 11 is 10.3. The van der Waals surface area contributed by atoms with Crippen LogP contribution in [0.4, 0.5) is 5.69 Å². The van der Waals surface area contributed by atoms with Crippen LogP contribution < -0.4 is 4.90 Å². The molecule has 2 aromatic rings. The van der Waals surface area contributed by atoms with Gasteiger partial charge in [-0.05, 0) is 30.3 Å². The maximum atomic E-state index is 12.5. The fourth-order valence-corrected chi connectivity index (χ4v) is 2.23. The summed E-state index contributed by atoms with van der Waals surface area (Å²) in [5.41, 5.74) is 1.33. The predicted octanol–water partition coefficient (Wildman–Crippen LogP) is 3.78. The average molecular weight is 303 g/mol. The van der Waals surface area contributed by atoms with Gasteiger partial charge < -0.3 is 4.90 Å². The van der Waals surface area contributed by atoms with E-state index in [1.54, 1.807) is 49.5 Å². The van der Waals surface area contributed by atoms with E-state index in [4.69, 9.17) is 16.9 Å². The Balaban J connectivity index is 2.43. The van der Waals surface area contributed by atoms with Crippen LogP contribution in [0.1, 0.15) is 15.9 Å². The summed E-state index contributed by atoms with van der Waals surface area (Å²) in [5, 5.41) is 9.45. The molecule has 0 N–H and O–H groups in total. The van der Waals surface area contributed by atoms with Crippen molar-refractivity contribution >= 4 is 35.8 Å². The third-order valence-corrected chi connectivity index (χ3v) is 3.48. The summed E-state index contributed by atoms with van der Waals surface area (Å²) in [7, 11) is 1.61. The molecule has 1 amide bonds. The van der Waals surface area contributed by atoms with Crippen molar-refractivity contribution in [2.45, 2.75) is 4.90 Å². The van der Waals surface area contributed by atoms with Crippen LogP contribution in [0.3, 0.4) is 0 Å². The van der Waals surface area contributed by atoms with Gasteiger partial charge in [-0.1, -0.05) is 23.7 Å². The highest BCUT2D eigenvalue weighted by Crippen LogP contribution is 2.25. The van der Waals surface area contributed by atoms with E-state index in [2.05, 4.69) is 18.7 Å². The highest BCUT2D eigenvalue weighted by molar-refractivity contribution is 7.80. The molecule has 0 aliphatic rings. The Hall–Kier alpha value is -1.96. The number of thiol groups is 1. The molecule has 0 aliphatic carbocycles. The van der Waals surface area contributed by atoms with Crippen molar-refractivity contribution in [2.24, 2.45) is 0 Å². The Kier molecular flexibility index (Phi) is 4.33. The molecule has 0 radical (unpaired) electrons. The molecule has 0 aliphatic heterocycles. The Morgan fingerprint density at radius 3 is 2.70 bits per heavy atom. The number of carbonyl (C=O) groups excluding carboxylic acids is 1. The second-order valence-electron chi connectivity index (χ2n) is 4.16. The molecule has 0 aromatic heterocycles. The summed E-state index contributed by atoms with van der Waals surface area (Å²) in [4.78, 5) is 14.5. The third kappa shape index (κ3) is 2.79. The summed E-state index contributed by atoms with van der Waals surface area (Å²) in [6.45, 7) is 0. The van der Waals surface area contributed by atoms with E-state index in [1.165, 1.54) is 4.90 Å². The SMILES string of the molecule is CN(C(=O)c1cc(S)ccc1Cl)c1ccccc1C#N. The molecular formula is C15H11ClN2OS. The molecule has 0 saturated carbocycles. The van der Waals surface area contributed by atoms with Crippen LogP contribution in [0.25, 0.3) is 0 Å². The van der Waals surface area contributed by atoms with E-state index in [-0.39, 0.29) is 5.91 Å². The van der Waals surface area contributed by atoms with Gasteiger partial charge in [0.15, 0.2) is 0 Å². The lowest BCUT2D eigenvalue weighted by molar-refractivity contribution is 0.0993. The topological polar surface area (TPSA) is 44.1 Å². The van der Waals surface area contributed by atoms with Crippen LogP contribution in [0.15, 0.2) is 47.4 Å². The standard InChI is InChI=1S/C15H11ClN2OS/c1-18(14-5-3-2-4-10(14)9-17)15(19)12-8-11(20)6-7-13(12)16/h2-8,20H,1H3. The fourth-order valence-electron chi connectivity index (χ4n) is 1.83. The third-order valence-electron chi connectivity index (χ3n) is 2.87. The molecule has 0 bridgehead atoms. The van der Waals surface area contributed by atoms with Gasteiger partial charge in [0.05, 0.1) is 21.8 Å². The van der Waals surface area contributed by atoms with Gasteiger partial charge >= 0.3 is 0 Å². The second-order valence-corrected chi connectivity index (χ2v) is 5.08. The summed E-state index contributed by atoms with van der Waals surface area (Å²) in [6, 6.07) is 13.9. The Morgan fingerprint density at radius 2 is 2.00 bits per heavy atom. The zero-order chi connectivity index (χ0) is 14.7. The minimum atomic E-state index is -0.284. The first-order valence-corrected chi connectivity index (χ1v) is 6.63. The van der Waals surface area contributed by atoms with Gasteiger partial charge in [-0.2, -0.15) is 5.26 Å². The van der Waals surface area contributed by atoms with Crippen molar-refractivity contribution in [1.82, 2.24) is 0 Å². The number of rotatable bonds is 2. The van der Waals surface area contributed by atoms with Crippen molar-refractivity contribution in [3.63, 3.8) is 0 Å². The van der Waals surface area contributed by atoms with Crippen LogP contribution in [-0.4, -0.2) is 13.0 Å². The number of para-hydroxylation sites is 1. The van der Waals surface area contributed by atoms with E-state index < -0.39 is 0 Å². The number of nitrogens with zero attached hydrogens (tertiary/aromatic N) is 2. The molecule has 0 saturated heterocycles. The lowest BCUT2D eigenvalue weighted by Gasteiger charge is -2.19. The van der Waals surface area contributed by atoms with Gasteiger partial charge in [0, 0.05) is 11.9 Å². The number of halogens is 1. The molecule has 0 heterocycles. The summed E-state index contributed by atoms with van der Waals surface area (Å²) < 4.78 is 0. The fraction of sp³-hybridized carbons (Fsp3) is 0.0667. The molecule has 0 spiro atoms. The first-order valence-electron chi connectivity index (χ1n) is 5.80.